The Hall–Kier alpha value is -8.21. The maximum Gasteiger partial charge on any atom is 0.164 e. The molecule has 4 heteroatoms. The SMILES string of the molecule is c1ccc(-c2ccc(N(c3cccc(-c4cccc(-c5nc(-c6ccccc6)nc(-c6cccc(-c7ccccc7)c6)n5)c4)c3)c3ccccc3-c3ccccc3)cc2)cc1. The van der Waals surface area contributed by atoms with Gasteiger partial charge in [-0.3, -0.25) is 0 Å². The molecular formula is C57H40N4. The maximum atomic E-state index is 5.13. The van der Waals surface area contributed by atoms with Crippen LogP contribution in [0.15, 0.2) is 243 Å². The number of rotatable bonds is 10. The predicted octanol–water partition coefficient (Wildman–Crippen LogP) is 15.0. The first kappa shape index (κ1) is 37.1. The number of nitrogens with zero attached hydrogens (tertiary/aromatic N) is 4. The van der Waals surface area contributed by atoms with Crippen LogP contribution in [-0.2, 0) is 0 Å². The zero-order valence-electron chi connectivity index (χ0n) is 33.4. The summed E-state index contributed by atoms with van der Waals surface area (Å²) in [5, 5.41) is 0. The Morgan fingerprint density at radius 1 is 0.230 bits per heavy atom. The van der Waals surface area contributed by atoms with E-state index >= 15 is 0 Å². The fourth-order valence-corrected chi connectivity index (χ4v) is 7.87. The summed E-state index contributed by atoms with van der Waals surface area (Å²) < 4.78 is 0. The number of hydrogen-bond acceptors (Lipinski definition) is 4. The first-order valence-electron chi connectivity index (χ1n) is 20.5. The second-order valence-corrected chi connectivity index (χ2v) is 14.9. The van der Waals surface area contributed by atoms with E-state index in [-0.39, 0.29) is 0 Å². The number of para-hydroxylation sites is 1. The number of hydrogen-bond donors (Lipinski definition) is 0. The molecule has 0 atom stereocenters. The molecule has 0 aliphatic rings. The molecule has 0 fully saturated rings. The van der Waals surface area contributed by atoms with Crippen molar-refractivity contribution < 1.29 is 0 Å². The summed E-state index contributed by atoms with van der Waals surface area (Å²) in [4.78, 5) is 17.6. The lowest BCUT2D eigenvalue weighted by atomic mass is 9.99. The topological polar surface area (TPSA) is 41.9 Å². The second-order valence-electron chi connectivity index (χ2n) is 14.9. The van der Waals surface area contributed by atoms with Crippen LogP contribution in [0.5, 0.6) is 0 Å². The van der Waals surface area contributed by atoms with E-state index in [9.17, 15) is 0 Å². The van der Waals surface area contributed by atoms with E-state index in [0.29, 0.717) is 17.5 Å². The van der Waals surface area contributed by atoms with Gasteiger partial charge in [0.2, 0.25) is 0 Å². The van der Waals surface area contributed by atoms with Gasteiger partial charge in [0.15, 0.2) is 17.5 Å². The highest BCUT2D eigenvalue weighted by Crippen LogP contribution is 2.42. The van der Waals surface area contributed by atoms with Crippen molar-refractivity contribution in [2.75, 3.05) is 4.90 Å². The molecule has 0 saturated carbocycles. The van der Waals surface area contributed by atoms with Crippen molar-refractivity contribution in [2.45, 2.75) is 0 Å². The molecule has 0 saturated heterocycles. The summed E-state index contributed by atoms with van der Waals surface area (Å²) in [6, 6.07) is 84.8. The van der Waals surface area contributed by atoms with Gasteiger partial charge in [-0.25, -0.2) is 15.0 Å². The molecular weight excluding hydrogens is 741 g/mol. The average molecular weight is 781 g/mol. The van der Waals surface area contributed by atoms with Crippen LogP contribution in [-0.4, -0.2) is 15.0 Å². The molecule has 0 N–H and O–H groups in total. The lowest BCUT2D eigenvalue weighted by Crippen LogP contribution is -2.11. The molecule has 0 unspecified atom stereocenters. The highest BCUT2D eigenvalue weighted by Gasteiger charge is 2.19. The monoisotopic (exact) mass is 780 g/mol. The van der Waals surface area contributed by atoms with Crippen LogP contribution < -0.4 is 4.90 Å². The lowest BCUT2D eigenvalue weighted by Gasteiger charge is -2.28. The highest BCUT2D eigenvalue weighted by atomic mass is 15.1. The Morgan fingerprint density at radius 2 is 0.607 bits per heavy atom. The molecule has 1 aromatic heterocycles. The third-order valence-corrected chi connectivity index (χ3v) is 10.9. The Labute approximate surface area is 356 Å². The second kappa shape index (κ2) is 16.9. The van der Waals surface area contributed by atoms with Crippen LogP contribution >= 0.6 is 0 Å². The quantitative estimate of drug-likeness (QED) is 0.139. The third kappa shape index (κ3) is 7.99. The predicted molar refractivity (Wildman–Crippen MR) is 253 cm³/mol. The average Bonchev–Trinajstić information content (AvgIpc) is 3.35. The Bertz CT molecular complexity index is 3060. The van der Waals surface area contributed by atoms with Crippen LogP contribution in [0.2, 0.25) is 0 Å². The van der Waals surface area contributed by atoms with Crippen molar-refractivity contribution >= 4 is 17.1 Å². The van der Waals surface area contributed by atoms with Gasteiger partial charge >= 0.3 is 0 Å². The molecule has 61 heavy (non-hydrogen) atoms. The molecule has 4 nitrogen and oxygen atoms in total. The van der Waals surface area contributed by atoms with Gasteiger partial charge in [-0.1, -0.05) is 200 Å². The van der Waals surface area contributed by atoms with E-state index in [0.717, 1.165) is 67.1 Å². The van der Waals surface area contributed by atoms with Gasteiger partial charge in [-0.05, 0) is 81.4 Å². The minimum Gasteiger partial charge on any atom is -0.310 e. The molecule has 288 valence electrons. The van der Waals surface area contributed by atoms with E-state index in [1.807, 2.05) is 36.4 Å². The summed E-state index contributed by atoms with van der Waals surface area (Å²) in [6.07, 6.45) is 0. The van der Waals surface area contributed by atoms with E-state index < -0.39 is 0 Å². The van der Waals surface area contributed by atoms with Crippen molar-refractivity contribution in [3.63, 3.8) is 0 Å². The van der Waals surface area contributed by atoms with Crippen LogP contribution in [0.3, 0.4) is 0 Å². The zero-order valence-corrected chi connectivity index (χ0v) is 33.4. The molecule has 10 rings (SSSR count). The van der Waals surface area contributed by atoms with Crippen molar-refractivity contribution in [2.24, 2.45) is 0 Å². The van der Waals surface area contributed by atoms with E-state index in [2.05, 4.69) is 211 Å². The number of anilines is 3. The minimum absolute atomic E-state index is 0.615. The van der Waals surface area contributed by atoms with E-state index in [1.165, 1.54) is 11.1 Å². The molecule has 0 radical (unpaired) electrons. The van der Waals surface area contributed by atoms with Gasteiger partial charge in [0, 0.05) is 33.6 Å². The third-order valence-electron chi connectivity index (χ3n) is 10.9. The van der Waals surface area contributed by atoms with Gasteiger partial charge in [0.25, 0.3) is 0 Å². The first-order chi connectivity index (χ1) is 30.2. The van der Waals surface area contributed by atoms with Gasteiger partial charge in [-0.2, -0.15) is 0 Å². The Kier molecular flexibility index (Phi) is 10.3. The van der Waals surface area contributed by atoms with Gasteiger partial charge in [0.05, 0.1) is 5.69 Å². The fourth-order valence-electron chi connectivity index (χ4n) is 7.87. The zero-order chi connectivity index (χ0) is 40.8. The summed E-state index contributed by atoms with van der Waals surface area (Å²) >= 11 is 0. The summed E-state index contributed by atoms with van der Waals surface area (Å²) in [5.41, 5.74) is 15.0. The molecule has 0 aliphatic heterocycles. The highest BCUT2D eigenvalue weighted by molar-refractivity contribution is 5.90. The number of benzene rings is 9. The first-order valence-corrected chi connectivity index (χ1v) is 20.5. The van der Waals surface area contributed by atoms with Crippen LogP contribution in [0.1, 0.15) is 0 Å². The maximum absolute atomic E-state index is 5.13. The van der Waals surface area contributed by atoms with Crippen LogP contribution in [0, 0.1) is 0 Å². The molecule has 0 spiro atoms. The molecule has 0 bridgehead atoms. The van der Waals surface area contributed by atoms with E-state index in [4.69, 9.17) is 15.0 Å². The molecule has 0 amide bonds. The van der Waals surface area contributed by atoms with Crippen LogP contribution in [0.4, 0.5) is 17.1 Å². The Balaban J connectivity index is 1.07. The molecule has 9 aromatic carbocycles. The van der Waals surface area contributed by atoms with Crippen molar-refractivity contribution in [1.82, 2.24) is 15.0 Å². The van der Waals surface area contributed by atoms with Crippen molar-refractivity contribution in [1.29, 1.82) is 0 Å². The van der Waals surface area contributed by atoms with Crippen molar-refractivity contribution in [3.8, 4) is 78.7 Å². The normalized spacial score (nSPS) is 11.0. The largest absolute Gasteiger partial charge is 0.310 e. The van der Waals surface area contributed by atoms with E-state index in [1.54, 1.807) is 0 Å². The Morgan fingerprint density at radius 3 is 1.18 bits per heavy atom. The van der Waals surface area contributed by atoms with Crippen LogP contribution in [0.25, 0.3) is 78.7 Å². The van der Waals surface area contributed by atoms with Crippen molar-refractivity contribution in [3.05, 3.63) is 243 Å². The minimum atomic E-state index is 0.615. The number of aromatic nitrogens is 3. The lowest BCUT2D eigenvalue weighted by molar-refractivity contribution is 1.07. The summed E-state index contributed by atoms with van der Waals surface area (Å²) in [5.74, 6) is 1.87. The molecule has 0 aliphatic carbocycles. The standard InChI is InChI=1S/C57H40N4/c1-5-18-41(19-6-1)43-34-36-51(37-35-43)61(54-33-14-13-32-53(54)44-22-9-3-10-23-44)52-31-17-28-48(40-52)47-27-16-30-50(39-47)57-59-55(45-24-11-4-12-25-45)58-56(60-57)49-29-15-26-46(38-49)42-20-7-2-8-21-42/h1-40H. The summed E-state index contributed by atoms with van der Waals surface area (Å²) in [7, 11) is 0. The smallest absolute Gasteiger partial charge is 0.164 e. The fraction of sp³-hybridized carbons (Fsp3) is 0. The van der Waals surface area contributed by atoms with Gasteiger partial charge in [0.1, 0.15) is 0 Å². The van der Waals surface area contributed by atoms with Gasteiger partial charge in [-0.15, -0.1) is 0 Å². The summed E-state index contributed by atoms with van der Waals surface area (Å²) in [6.45, 7) is 0. The molecule has 10 aromatic rings. The van der Waals surface area contributed by atoms with Gasteiger partial charge < -0.3 is 4.90 Å². The molecule has 1 heterocycles.